The molecule has 0 saturated carbocycles. The standard InChI is InChI=1S/C14H17F2NO4/c15-14(16)21-11-7-4-3-6-10(11)13(20)17-9-5-1-2-8-12(18)19/h3-4,6-7,14H,1-2,5,8-9H2,(H,17,20)(H,18,19). The number of carbonyl (C=O) groups excluding carboxylic acids is 1. The highest BCUT2D eigenvalue weighted by atomic mass is 19.3. The number of nitrogens with one attached hydrogen (secondary N) is 1. The molecule has 1 amide bonds. The highest BCUT2D eigenvalue weighted by molar-refractivity contribution is 5.96. The normalized spacial score (nSPS) is 10.4. The predicted octanol–water partition coefficient (Wildman–Crippen LogP) is 2.66. The minimum absolute atomic E-state index is 0.0448. The zero-order valence-electron chi connectivity index (χ0n) is 11.4. The van der Waals surface area contributed by atoms with E-state index < -0.39 is 18.5 Å². The number of amides is 1. The maximum atomic E-state index is 12.2. The quantitative estimate of drug-likeness (QED) is 0.688. The van der Waals surface area contributed by atoms with Crippen molar-refractivity contribution < 1.29 is 28.2 Å². The lowest BCUT2D eigenvalue weighted by molar-refractivity contribution is -0.137. The van der Waals surface area contributed by atoms with Crippen LogP contribution < -0.4 is 10.1 Å². The van der Waals surface area contributed by atoms with Gasteiger partial charge in [-0.2, -0.15) is 8.78 Å². The van der Waals surface area contributed by atoms with Crippen LogP contribution in [0, 0.1) is 0 Å². The molecular weight excluding hydrogens is 284 g/mol. The molecule has 0 aliphatic rings. The second kappa shape index (κ2) is 8.89. The van der Waals surface area contributed by atoms with E-state index in [1.165, 1.54) is 18.2 Å². The third-order valence-corrected chi connectivity index (χ3v) is 2.70. The fourth-order valence-corrected chi connectivity index (χ4v) is 1.73. The molecule has 1 aromatic carbocycles. The van der Waals surface area contributed by atoms with Gasteiger partial charge in [-0.15, -0.1) is 0 Å². The van der Waals surface area contributed by atoms with Crippen molar-refractivity contribution in [2.75, 3.05) is 6.54 Å². The molecular formula is C14H17F2NO4. The summed E-state index contributed by atoms with van der Waals surface area (Å²) in [5.74, 6) is -1.52. The molecule has 1 rings (SSSR count). The van der Waals surface area contributed by atoms with Crippen LogP contribution in [0.2, 0.25) is 0 Å². The Labute approximate surface area is 120 Å². The number of carboxylic acids is 1. The molecule has 0 bridgehead atoms. The first-order valence-electron chi connectivity index (χ1n) is 6.54. The van der Waals surface area contributed by atoms with Gasteiger partial charge < -0.3 is 15.2 Å². The van der Waals surface area contributed by atoms with Crippen LogP contribution in [-0.4, -0.2) is 30.1 Å². The van der Waals surface area contributed by atoms with Crippen molar-refractivity contribution in [3.05, 3.63) is 29.8 Å². The van der Waals surface area contributed by atoms with Crippen LogP contribution in [0.1, 0.15) is 36.0 Å². The second-order valence-corrected chi connectivity index (χ2v) is 4.33. The average molecular weight is 301 g/mol. The van der Waals surface area contributed by atoms with Gasteiger partial charge in [0.25, 0.3) is 5.91 Å². The van der Waals surface area contributed by atoms with E-state index in [4.69, 9.17) is 5.11 Å². The Morgan fingerprint density at radius 1 is 1.19 bits per heavy atom. The van der Waals surface area contributed by atoms with Gasteiger partial charge in [0.2, 0.25) is 0 Å². The van der Waals surface area contributed by atoms with Gasteiger partial charge in [0, 0.05) is 13.0 Å². The summed E-state index contributed by atoms with van der Waals surface area (Å²) in [7, 11) is 0. The van der Waals surface area contributed by atoms with E-state index in [-0.39, 0.29) is 17.7 Å². The summed E-state index contributed by atoms with van der Waals surface area (Å²) >= 11 is 0. The molecule has 7 heteroatoms. The van der Waals surface area contributed by atoms with E-state index in [1.807, 2.05) is 0 Å². The van der Waals surface area contributed by atoms with E-state index in [0.717, 1.165) is 0 Å². The zero-order valence-corrected chi connectivity index (χ0v) is 11.4. The molecule has 0 aromatic heterocycles. The Balaban J connectivity index is 2.40. The summed E-state index contributed by atoms with van der Waals surface area (Å²) in [6.45, 7) is -2.64. The minimum atomic E-state index is -2.99. The molecule has 0 unspecified atom stereocenters. The lowest BCUT2D eigenvalue weighted by atomic mass is 10.1. The van der Waals surface area contributed by atoms with Gasteiger partial charge in [0.1, 0.15) is 5.75 Å². The van der Waals surface area contributed by atoms with E-state index >= 15 is 0 Å². The van der Waals surface area contributed by atoms with Gasteiger partial charge in [0.15, 0.2) is 0 Å². The number of unbranched alkanes of at least 4 members (excludes halogenated alkanes) is 2. The number of halogens is 2. The number of alkyl halides is 2. The number of carboxylic acid groups (broad SMARTS) is 1. The monoisotopic (exact) mass is 301 g/mol. The highest BCUT2D eigenvalue weighted by Crippen LogP contribution is 2.20. The molecule has 116 valence electrons. The third-order valence-electron chi connectivity index (χ3n) is 2.70. The van der Waals surface area contributed by atoms with Crippen LogP contribution in [0.5, 0.6) is 5.75 Å². The number of hydrogen-bond donors (Lipinski definition) is 2. The van der Waals surface area contributed by atoms with Crippen LogP contribution in [0.4, 0.5) is 8.78 Å². The fraction of sp³-hybridized carbons (Fsp3) is 0.429. The maximum absolute atomic E-state index is 12.2. The van der Waals surface area contributed by atoms with Crippen LogP contribution in [0.15, 0.2) is 24.3 Å². The van der Waals surface area contributed by atoms with Crippen molar-refractivity contribution in [2.45, 2.75) is 32.3 Å². The van der Waals surface area contributed by atoms with Crippen LogP contribution in [-0.2, 0) is 4.79 Å². The Kier molecular flexibility index (Phi) is 7.14. The van der Waals surface area contributed by atoms with Crippen LogP contribution in [0.3, 0.4) is 0 Å². The van der Waals surface area contributed by atoms with Crippen molar-refractivity contribution in [1.29, 1.82) is 0 Å². The summed E-state index contributed by atoms with van der Waals surface area (Å²) in [5, 5.41) is 11.1. The summed E-state index contributed by atoms with van der Waals surface area (Å²) in [4.78, 5) is 22.2. The lowest BCUT2D eigenvalue weighted by Crippen LogP contribution is -2.25. The summed E-state index contributed by atoms with van der Waals surface area (Å²) in [5.41, 5.74) is 0.0448. The number of rotatable bonds is 9. The minimum Gasteiger partial charge on any atom is -0.481 e. The predicted molar refractivity (Wildman–Crippen MR) is 71.5 cm³/mol. The zero-order chi connectivity index (χ0) is 15.7. The molecule has 2 N–H and O–H groups in total. The lowest BCUT2D eigenvalue weighted by Gasteiger charge is -2.10. The van der Waals surface area contributed by atoms with Gasteiger partial charge >= 0.3 is 12.6 Å². The van der Waals surface area contributed by atoms with Crippen LogP contribution >= 0.6 is 0 Å². The Bertz CT molecular complexity index is 480. The van der Waals surface area contributed by atoms with Crippen molar-refractivity contribution in [2.24, 2.45) is 0 Å². The molecule has 0 spiro atoms. The van der Waals surface area contributed by atoms with Crippen molar-refractivity contribution in [1.82, 2.24) is 5.32 Å². The van der Waals surface area contributed by atoms with E-state index in [9.17, 15) is 18.4 Å². The van der Waals surface area contributed by atoms with Gasteiger partial charge in [0.05, 0.1) is 5.56 Å². The topological polar surface area (TPSA) is 75.6 Å². The molecule has 0 heterocycles. The number of carbonyl (C=O) groups is 2. The largest absolute Gasteiger partial charge is 0.481 e. The molecule has 0 fully saturated rings. The molecule has 0 atom stereocenters. The smallest absolute Gasteiger partial charge is 0.387 e. The molecule has 21 heavy (non-hydrogen) atoms. The Morgan fingerprint density at radius 3 is 2.57 bits per heavy atom. The SMILES string of the molecule is O=C(O)CCCCCNC(=O)c1ccccc1OC(F)F. The molecule has 1 aromatic rings. The van der Waals surface area contributed by atoms with Crippen LogP contribution in [0.25, 0.3) is 0 Å². The van der Waals surface area contributed by atoms with Crippen molar-refractivity contribution in [3.8, 4) is 5.75 Å². The first-order chi connectivity index (χ1) is 10.0. The van der Waals surface area contributed by atoms with Gasteiger partial charge in [-0.05, 0) is 25.0 Å². The number of ether oxygens (including phenoxy) is 1. The highest BCUT2D eigenvalue weighted by Gasteiger charge is 2.14. The summed E-state index contributed by atoms with van der Waals surface area (Å²) in [6, 6.07) is 5.76. The van der Waals surface area contributed by atoms with Gasteiger partial charge in [-0.1, -0.05) is 18.6 Å². The summed E-state index contributed by atoms with van der Waals surface area (Å²) < 4.78 is 28.7. The van der Waals surface area contributed by atoms with E-state index in [0.29, 0.717) is 25.8 Å². The van der Waals surface area contributed by atoms with Crippen molar-refractivity contribution >= 4 is 11.9 Å². The third kappa shape index (κ3) is 6.69. The number of para-hydroxylation sites is 1. The average Bonchev–Trinajstić information content (AvgIpc) is 2.42. The first-order valence-corrected chi connectivity index (χ1v) is 6.54. The summed E-state index contributed by atoms with van der Waals surface area (Å²) in [6.07, 6.45) is 1.92. The maximum Gasteiger partial charge on any atom is 0.387 e. The number of hydrogen-bond acceptors (Lipinski definition) is 3. The molecule has 0 aliphatic heterocycles. The molecule has 0 aliphatic carbocycles. The fourth-order valence-electron chi connectivity index (χ4n) is 1.73. The van der Waals surface area contributed by atoms with Gasteiger partial charge in [-0.3, -0.25) is 9.59 Å². The van der Waals surface area contributed by atoms with Gasteiger partial charge in [-0.25, -0.2) is 0 Å². The first kappa shape index (κ1) is 16.9. The Morgan fingerprint density at radius 2 is 1.90 bits per heavy atom. The van der Waals surface area contributed by atoms with Crippen molar-refractivity contribution in [3.63, 3.8) is 0 Å². The molecule has 5 nitrogen and oxygen atoms in total. The molecule has 0 radical (unpaired) electrons. The second-order valence-electron chi connectivity index (χ2n) is 4.33. The van der Waals surface area contributed by atoms with E-state index in [2.05, 4.69) is 10.1 Å². The molecule has 0 saturated heterocycles. The van der Waals surface area contributed by atoms with E-state index in [1.54, 1.807) is 6.07 Å². The number of benzene rings is 1. The Hall–Kier alpha value is -2.18. The number of aliphatic carboxylic acids is 1.